The summed E-state index contributed by atoms with van der Waals surface area (Å²) in [6.07, 6.45) is 3.61. The lowest BCUT2D eigenvalue weighted by atomic mass is 9.81. The summed E-state index contributed by atoms with van der Waals surface area (Å²) < 4.78 is 0. The van der Waals surface area contributed by atoms with Crippen molar-refractivity contribution in [2.75, 3.05) is 0 Å². The van der Waals surface area contributed by atoms with Gasteiger partial charge in [-0.15, -0.1) is 0 Å². The van der Waals surface area contributed by atoms with Gasteiger partial charge in [-0.2, -0.15) is 0 Å². The number of carbonyl (C=O) groups is 1. The third-order valence-electron chi connectivity index (χ3n) is 4.35. The third-order valence-corrected chi connectivity index (χ3v) is 4.35. The minimum Gasteiger partial charge on any atom is -0.303 e. The summed E-state index contributed by atoms with van der Waals surface area (Å²) in [6, 6.07) is 0. The zero-order chi connectivity index (χ0) is 8.93. The van der Waals surface area contributed by atoms with E-state index < -0.39 is 0 Å². The van der Waals surface area contributed by atoms with E-state index in [4.69, 9.17) is 0 Å². The van der Waals surface area contributed by atoms with Gasteiger partial charge in [-0.25, -0.2) is 0 Å². The highest BCUT2D eigenvalue weighted by atomic mass is 16.1. The second-order valence-electron chi connectivity index (χ2n) is 5.28. The molecule has 1 nitrogen and oxygen atoms in total. The fourth-order valence-electron chi connectivity index (χ4n) is 3.08. The summed E-state index contributed by atoms with van der Waals surface area (Å²) in [4.78, 5) is 10.7. The van der Waals surface area contributed by atoms with E-state index >= 15 is 0 Å². The fourth-order valence-corrected chi connectivity index (χ4v) is 3.08. The predicted molar refractivity (Wildman–Crippen MR) is 48.7 cm³/mol. The molecule has 0 aromatic carbocycles. The topological polar surface area (TPSA) is 17.1 Å². The lowest BCUT2D eigenvalue weighted by Crippen LogP contribution is -2.19. The zero-order valence-electron chi connectivity index (χ0n) is 8.21. The Balaban J connectivity index is 2.08. The zero-order valence-corrected chi connectivity index (χ0v) is 8.21. The van der Waals surface area contributed by atoms with Crippen molar-refractivity contribution >= 4 is 6.29 Å². The van der Waals surface area contributed by atoms with Crippen LogP contribution in [0.4, 0.5) is 0 Å². The molecule has 2 saturated carbocycles. The van der Waals surface area contributed by atoms with Crippen LogP contribution in [-0.2, 0) is 4.79 Å². The maximum Gasteiger partial charge on any atom is 0.123 e. The van der Waals surface area contributed by atoms with E-state index in [2.05, 4.69) is 20.8 Å². The molecule has 0 spiro atoms. The summed E-state index contributed by atoms with van der Waals surface area (Å²) in [5, 5.41) is 0. The Morgan fingerprint density at radius 1 is 1.25 bits per heavy atom. The van der Waals surface area contributed by atoms with E-state index in [1.54, 1.807) is 0 Å². The normalized spacial score (nSPS) is 49.6. The first-order valence-corrected chi connectivity index (χ1v) is 5.02. The third kappa shape index (κ3) is 0.949. The van der Waals surface area contributed by atoms with Gasteiger partial charge < -0.3 is 4.79 Å². The molecule has 0 aliphatic heterocycles. The summed E-state index contributed by atoms with van der Waals surface area (Å²) in [5.74, 6) is 2.76. The highest BCUT2D eigenvalue weighted by Crippen LogP contribution is 2.66. The Hall–Kier alpha value is -0.330. The van der Waals surface area contributed by atoms with Crippen LogP contribution in [0.15, 0.2) is 0 Å². The van der Waals surface area contributed by atoms with Crippen LogP contribution in [-0.4, -0.2) is 6.29 Å². The maximum atomic E-state index is 10.7. The fraction of sp³-hybridized carbons (Fsp3) is 0.909. The highest BCUT2D eigenvalue weighted by Gasteiger charge is 2.60. The maximum absolute atomic E-state index is 10.7. The van der Waals surface area contributed by atoms with Crippen LogP contribution >= 0.6 is 0 Å². The molecule has 2 rings (SSSR count). The molecular formula is C11H18O. The van der Waals surface area contributed by atoms with Gasteiger partial charge in [0.2, 0.25) is 0 Å². The number of hydrogen-bond donors (Lipinski definition) is 0. The molecule has 0 heterocycles. The van der Waals surface area contributed by atoms with Crippen molar-refractivity contribution in [1.82, 2.24) is 0 Å². The van der Waals surface area contributed by atoms with Crippen molar-refractivity contribution < 1.29 is 4.79 Å². The number of rotatable bonds is 1. The van der Waals surface area contributed by atoms with Gasteiger partial charge in [0.15, 0.2) is 0 Å². The van der Waals surface area contributed by atoms with E-state index in [0.717, 1.165) is 18.3 Å². The first kappa shape index (κ1) is 8.28. The molecule has 0 aromatic heterocycles. The van der Waals surface area contributed by atoms with E-state index in [1.807, 2.05) is 0 Å². The molecule has 0 saturated heterocycles. The van der Waals surface area contributed by atoms with Gasteiger partial charge in [0, 0.05) is 5.92 Å². The lowest BCUT2D eigenvalue weighted by molar-refractivity contribution is -0.113. The van der Waals surface area contributed by atoms with Crippen molar-refractivity contribution in [1.29, 1.82) is 0 Å². The first-order chi connectivity index (χ1) is 5.57. The van der Waals surface area contributed by atoms with Crippen molar-refractivity contribution in [3.05, 3.63) is 0 Å². The smallest absolute Gasteiger partial charge is 0.123 e. The minimum atomic E-state index is 0.355. The van der Waals surface area contributed by atoms with Gasteiger partial charge in [-0.3, -0.25) is 0 Å². The molecular weight excluding hydrogens is 148 g/mol. The Morgan fingerprint density at radius 3 is 2.42 bits per heavy atom. The Labute approximate surface area is 74.5 Å². The standard InChI is InChI=1S/C11H18O/c1-7-4-9-10(11(9,2)3)5-8(7)6-12/h6-10H,4-5H2,1-3H3/t7-,8+,9+,10-/m1/s1. The van der Waals surface area contributed by atoms with Gasteiger partial charge in [-0.05, 0) is 36.0 Å². The Morgan fingerprint density at radius 2 is 1.83 bits per heavy atom. The van der Waals surface area contributed by atoms with Crippen LogP contribution in [0.5, 0.6) is 0 Å². The SMILES string of the molecule is C[C@@H]1C[C@H]2[C@@H](C[C@H]1C=O)C2(C)C. The summed E-state index contributed by atoms with van der Waals surface area (Å²) >= 11 is 0. The number of aldehydes is 1. The molecule has 0 radical (unpaired) electrons. The summed E-state index contributed by atoms with van der Waals surface area (Å²) in [5.41, 5.74) is 0.548. The molecule has 2 aliphatic carbocycles. The van der Waals surface area contributed by atoms with Crippen LogP contribution in [0.3, 0.4) is 0 Å². The van der Waals surface area contributed by atoms with Crippen molar-refractivity contribution in [2.45, 2.75) is 33.6 Å². The summed E-state index contributed by atoms with van der Waals surface area (Å²) in [7, 11) is 0. The van der Waals surface area contributed by atoms with Crippen LogP contribution < -0.4 is 0 Å². The molecule has 2 fully saturated rings. The van der Waals surface area contributed by atoms with Crippen LogP contribution in [0.2, 0.25) is 0 Å². The van der Waals surface area contributed by atoms with Gasteiger partial charge >= 0.3 is 0 Å². The molecule has 68 valence electrons. The molecule has 0 unspecified atom stereocenters. The van der Waals surface area contributed by atoms with Crippen LogP contribution in [0, 0.1) is 29.1 Å². The number of hydrogen-bond acceptors (Lipinski definition) is 1. The van der Waals surface area contributed by atoms with E-state index in [9.17, 15) is 4.79 Å². The average molecular weight is 166 g/mol. The molecule has 2 aliphatic rings. The molecule has 0 N–H and O–H groups in total. The summed E-state index contributed by atoms with van der Waals surface area (Å²) in [6.45, 7) is 6.92. The van der Waals surface area contributed by atoms with Gasteiger partial charge in [0.05, 0.1) is 0 Å². The van der Waals surface area contributed by atoms with E-state index in [-0.39, 0.29) is 0 Å². The second-order valence-corrected chi connectivity index (χ2v) is 5.28. The predicted octanol–water partition coefficient (Wildman–Crippen LogP) is 2.50. The van der Waals surface area contributed by atoms with Crippen molar-refractivity contribution in [3.63, 3.8) is 0 Å². The quantitative estimate of drug-likeness (QED) is 0.547. The number of fused-ring (bicyclic) bond motifs is 1. The molecule has 4 atom stereocenters. The molecule has 0 amide bonds. The van der Waals surface area contributed by atoms with Crippen LogP contribution in [0.1, 0.15) is 33.6 Å². The largest absolute Gasteiger partial charge is 0.303 e. The molecule has 1 heteroatoms. The lowest BCUT2D eigenvalue weighted by Gasteiger charge is -2.22. The number of carbonyl (C=O) groups excluding carboxylic acids is 1. The monoisotopic (exact) mass is 166 g/mol. The first-order valence-electron chi connectivity index (χ1n) is 5.02. The van der Waals surface area contributed by atoms with Crippen molar-refractivity contribution in [2.24, 2.45) is 29.1 Å². The van der Waals surface area contributed by atoms with E-state index in [1.165, 1.54) is 12.7 Å². The second kappa shape index (κ2) is 2.34. The van der Waals surface area contributed by atoms with Crippen LogP contribution in [0.25, 0.3) is 0 Å². The Kier molecular flexibility index (Phi) is 1.61. The highest BCUT2D eigenvalue weighted by molar-refractivity contribution is 5.54. The minimum absolute atomic E-state index is 0.355. The van der Waals surface area contributed by atoms with E-state index in [0.29, 0.717) is 17.3 Å². The molecule has 0 aromatic rings. The Bertz CT molecular complexity index is 207. The van der Waals surface area contributed by atoms with Gasteiger partial charge in [-0.1, -0.05) is 20.8 Å². The average Bonchev–Trinajstić information content (AvgIpc) is 2.52. The van der Waals surface area contributed by atoms with Gasteiger partial charge in [0.25, 0.3) is 0 Å². The van der Waals surface area contributed by atoms with Crippen molar-refractivity contribution in [3.8, 4) is 0 Å². The van der Waals surface area contributed by atoms with Gasteiger partial charge in [0.1, 0.15) is 6.29 Å². The molecule has 12 heavy (non-hydrogen) atoms. The molecule has 0 bridgehead atoms.